The van der Waals surface area contributed by atoms with Crippen molar-refractivity contribution in [2.45, 2.75) is 18.5 Å². The number of ether oxygens (including phenoxy) is 1. The van der Waals surface area contributed by atoms with Crippen LogP contribution < -0.4 is 4.74 Å². The molecule has 1 unspecified atom stereocenters. The molecule has 1 N–H and O–H groups in total. The fourth-order valence-corrected chi connectivity index (χ4v) is 2.00. The van der Waals surface area contributed by atoms with Crippen LogP contribution in [-0.4, -0.2) is 40.6 Å². The minimum atomic E-state index is -4.67. The van der Waals surface area contributed by atoms with Gasteiger partial charge in [0.2, 0.25) is 6.10 Å². The van der Waals surface area contributed by atoms with E-state index >= 15 is 0 Å². The normalized spacial score (nSPS) is 12.8. The summed E-state index contributed by atoms with van der Waals surface area (Å²) in [5.41, 5.74) is -2.32. The van der Waals surface area contributed by atoms with E-state index in [1.165, 1.54) is 0 Å². The van der Waals surface area contributed by atoms with Crippen LogP contribution in [0.2, 0.25) is 0 Å². The summed E-state index contributed by atoms with van der Waals surface area (Å²) in [7, 11) is 0. The van der Waals surface area contributed by atoms with Gasteiger partial charge >= 0.3 is 47.9 Å². The molecule has 10 heteroatoms. The second kappa shape index (κ2) is 8.32. The van der Waals surface area contributed by atoms with E-state index in [1.54, 1.807) is 0 Å². The van der Waals surface area contributed by atoms with Gasteiger partial charge in [0.25, 0.3) is 0 Å². The van der Waals surface area contributed by atoms with Gasteiger partial charge in [-0.25, -0.2) is 4.79 Å². The first-order valence-corrected chi connectivity index (χ1v) is 6.72. The summed E-state index contributed by atoms with van der Waals surface area (Å²) in [5, 5.41) is 9.18. The Hall–Kier alpha value is -1.71. The molecule has 0 fully saturated rings. The van der Waals surface area contributed by atoms with Crippen molar-refractivity contribution in [1.82, 2.24) is 0 Å². The zero-order chi connectivity index (χ0) is 18.8. The Morgan fingerprint density at radius 2 is 1.42 bits per heavy atom. The molecule has 2 aromatic rings. The van der Waals surface area contributed by atoms with Crippen LogP contribution in [0.4, 0.5) is 26.3 Å². The molecule has 0 aliphatic rings. The molecule has 0 saturated carbocycles. The van der Waals surface area contributed by atoms with Crippen molar-refractivity contribution >= 4 is 35.5 Å². The number of aliphatic carboxylic acids is 1. The Bertz CT molecular complexity index is 756. The topological polar surface area (TPSA) is 46.5 Å². The summed E-state index contributed by atoms with van der Waals surface area (Å²) in [6.45, 7) is 0. The number of benzene rings is 2. The van der Waals surface area contributed by atoms with Crippen LogP contribution >= 0.6 is 0 Å². The van der Waals surface area contributed by atoms with Gasteiger partial charge in [0.1, 0.15) is 5.75 Å². The van der Waals surface area contributed by atoms with Gasteiger partial charge in [-0.2, -0.15) is 26.3 Å². The van der Waals surface area contributed by atoms with E-state index in [4.69, 9.17) is 4.74 Å². The molecule has 136 valence electrons. The van der Waals surface area contributed by atoms with Gasteiger partial charge in [0.15, 0.2) is 0 Å². The average Bonchev–Trinajstić information content (AvgIpc) is 2.51. The summed E-state index contributed by atoms with van der Waals surface area (Å²) in [4.78, 5) is 11.3. The number of hydrogen-bond acceptors (Lipinski definition) is 2. The second-order valence-electron chi connectivity index (χ2n) is 4.98. The van der Waals surface area contributed by atoms with Gasteiger partial charge in [-0.15, -0.1) is 0 Å². The van der Waals surface area contributed by atoms with Crippen LogP contribution in [-0.2, 0) is 17.1 Å². The second-order valence-corrected chi connectivity index (χ2v) is 4.98. The number of carbonyl (C=O) groups is 1. The van der Waals surface area contributed by atoms with E-state index in [0.29, 0.717) is 18.2 Å². The maximum absolute atomic E-state index is 12.7. The SMILES string of the molecule is O=C(O)C(Oc1ccc(C(F)(F)F)cc1)c1cccc(C(F)(F)F)c1.[NaH]. The first-order valence-electron chi connectivity index (χ1n) is 6.72. The Morgan fingerprint density at radius 1 is 0.885 bits per heavy atom. The van der Waals surface area contributed by atoms with E-state index in [2.05, 4.69) is 0 Å². The predicted octanol–water partition coefficient (Wildman–Crippen LogP) is 4.28. The molecule has 0 aromatic heterocycles. The molecule has 0 bridgehead atoms. The Balaban J connectivity index is 0.00000338. The molecule has 26 heavy (non-hydrogen) atoms. The number of carboxylic acid groups (broad SMARTS) is 1. The molecular formula is C16H11F6NaO3. The van der Waals surface area contributed by atoms with Crippen molar-refractivity contribution < 1.29 is 41.0 Å². The summed E-state index contributed by atoms with van der Waals surface area (Å²) >= 11 is 0. The Morgan fingerprint density at radius 3 is 1.88 bits per heavy atom. The molecular weight excluding hydrogens is 377 g/mol. The van der Waals surface area contributed by atoms with Crippen LogP contribution in [0.15, 0.2) is 48.5 Å². The fraction of sp³-hybridized carbons (Fsp3) is 0.188. The first kappa shape index (κ1) is 22.3. The van der Waals surface area contributed by atoms with Crippen molar-refractivity contribution in [2.75, 3.05) is 0 Å². The summed E-state index contributed by atoms with van der Waals surface area (Å²) < 4.78 is 80.7. The zero-order valence-corrected chi connectivity index (χ0v) is 12.2. The van der Waals surface area contributed by atoms with Gasteiger partial charge in [-0.1, -0.05) is 12.1 Å². The van der Waals surface area contributed by atoms with E-state index in [0.717, 1.165) is 30.3 Å². The van der Waals surface area contributed by atoms with Crippen molar-refractivity contribution in [1.29, 1.82) is 0 Å². The summed E-state index contributed by atoms with van der Waals surface area (Å²) in [6, 6.07) is 6.67. The first-order chi connectivity index (χ1) is 11.5. The Labute approximate surface area is 165 Å². The molecule has 0 amide bonds. The average molecular weight is 388 g/mol. The third-order valence-electron chi connectivity index (χ3n) is 3.18. The van der Waals surface area contributed by atoms with Gasteiger partial charge < -0.3 is 9.84 Å². The Kier molecular flexibility index (Phi) is 7.15. The number of hydrogen-bond donors (Lipinski definition) is 1. The molecule has 2 rings (SSSR count). The van der Waals surface area contributed by atoms with E-state index in [-0.39, 0.29) is 40.9 Å². The zero-order valence-electron chi connectivity index (χ0n) is 12.2. The van der Waals surface area contributed by atoms with Crippen LogP contribution in [0.3, 0.4) is 0 Å². The molecule has 0 heterocycles. The van der Waals surface area contributed by atoms with Gasteiger partial charge in [0, 0.05) is 5.56 Å². The van der Waals surface area contributed by atoms with Crippen molar-refractivity contribution in [3.05, 3.63) is 65.2 Å². The monoisotopic (exact) mass is 388 g/mol. The van der Waals surface area contributed by atoms with Gasteiger partial charge in [-0.3, -0.25) is 0 Å². The van der Waals surface area contributed by atoms with Crippen molar-refractivity contribution in [2.24, 2.45) is 0 Å². The number of alkyl halides is 6. The van der Waals surface area contributed by atoms with Gasteiger partial charge in [-0.05, 0) is 36.4 Å². The molecule has 0 saturated heterocycles. The molecule has 3 nitrogen and oxygen atoms in total. The molecule has 1 atom stereocenters. The minimum absolute atomic E-state index is 0. The van der Waals surface area contributed by atoms with Crippen LogP contribution in [0.5, 0.6) is 5.75 Å². The van der Waals surface area contributed by atoms with Crippen LogP contribution in [0.1, 0.15) is 22.8 Å². The third kappa shape index (κ3) is 5.65. The third-order valence-corrected chi connectivity index (χ3v) is 3.18. The summed E-state index contributed by atoms with van der Waals surface area (Å²) in [5.74, 6) is -1.81. The summed E-state index contributed by atoms with van der Waals surface area (Å²) in [6.07, 6.45) is -11.1. The van der Waals surface area contributed by atoms with Gasteiger partial charge in [0.05, 0.1) is 11.1 Å². The number of halogens is 6. The van der Waals surface area contributed by atoms with Crippen LogP contribution in [0.25, 0.3) is 0 Å². The molecule has 0 aliphatic carbocycles. The predicted molar refractivity (Wildman–Crippen MR) is 81.0 cm³/mol. The molecule has 0 spiro atoms. The quantitative estimate of drug-likeness (QED) is 0.628. The maximum atomic E-state index is 12.7. The molecule has 0 aliphatic heterocycles. The van der Waals surface area contributed by atoms with Crippen molar-refractivity contribution in [3.8, 4) is 5.75 Å². The number of rotatable bonds is 4. The number of carboxylic acids is 1. The van der Waals surface area contributed by atoms with E-state index < -0.39 is 35.6 Å². The fourth-order valence-electron chi connectivity index (χ4n) is 2.00. The molecule has 0 radical (unpaired) electrons. The van der Waals surface area contributed by atoms with E-state index in [9.17, 15) is 36.2 Å². The van der Waals surface area contributed by atoms with Crippen molar-refractivity contribution in [3.63, 3.8) is 0 Å². The van der Waals surface area contributed by atoms with E-state index in [1.807, 2.05) is 0 Å². The van der Waals surface area contributed by atoms with Crippen LogP contribution in [0, 0.1) is 0 Å². The standard InChI is InChI=1S/C16H10F6O3.Na.H/c17-15(18,19)10-4-6-12(7-5-10)25-13(14(23)24)9-2-1-3-11(8-9)16(20,21)22;;/h1-8,13H,(H,23,24);;. The molecule has 2 aromatic carbocycles.